The Balaban J connectivity index is 2.16. The molecule has 0 aliphatic heterocycles. The molecule has 3 aromatic rings. The largest absolute Gasteiger partial charge is 0.330 e. The van der Waals surface area contributed by atoms with E-state index in [-0.39, 0.29) is 5.52 Å². The van der Waals surface area contributed by atoms with Crippen LogP contribution in [0.5, 0.6) is 0 Å². The summed E-state index contributed by atoms with van der Waals surface area (Å²) < 4.78 is 30.2. The monoisotopic (exact) mass is 354 g/mol. The Labute approximate surface area is 127 Å². The van der Waals surface area contributed by atoms with Crippen LogP contribution in [0, 0.1) is 16.4 Å². The third-order valence-electron chi connectivity index (χ3n) is 3.08. The fraction of sp³-hybridized carbons (Fsp3) is 0.0714. The van der Waals surface area contributed by atoms with Gasteiger partial charge in [-0.1, -0.05) is 28.1 Å². The molecule has 1 aromatic heterocycles. The van der Waals surface area contributed by atoms with E-state index >= 15 is 0 Å². The van der Waals surface area contributed by atoms with Gasteiger partial charge in [-0.3, -0.25) is 0 Å². The zero-order chi connectivity index (χ0) is 14.3. The molecule has 0 bridgehead atoms. The van der Waals surface area contributed by atoms with Gasteiger partial charge in [-0.05, 0) is 42.0 Å². The number of aromatic amines is 1. The average Bonchev–Trinajstić information content (AvgIpc) is 2.74. The van der Waals surface area contributed by atoms with Gasteiger partial charge in [-0.15, -0.1) is 0 Å². The minimum absolute atomic E-state index is 0.165. The lowest BCUT2D eigenvalue weighted by Crippen LogP contribution is -2.01. The van der Waals surface area contributed by atoms with Gasteiger partial charge in [0.05, 0.1) is 12.1 Å². The molecule has 0 atom stereocenters. The minimum Gasteiger partial charge on any atom is -0.330 e. The second-order valence-electron chi connectivity index (χ2n) is 4.40. The number of aromatic nitrogens is 2. The molecule has 1 N–H and O–H groups in total. The number of halogens is 3. The molecule has 20 heavy (non-hydrogen) atoms. The van der Waals surface area contributed by atoms with Crippen molar-refractivity contribution in [3.8, 4) is 0 Å². The van der Waals surface area contributed by atoms with E-state index in [0.717, 1.165) is 16.1 Å². The molecule has 0 unspecified atom stereocenters. The van der Waals surface area contributed by atoms with Crippen LogP contribution in [0.1, 0.15) is 5.56 Å². The highest BCUT2D eigenvalue weighted by molar-refractivity contribution is 9.10. The third kappa shape index (κ3) is 2.29. The highest BCUT2D eigenvalue weighted by Gasteiger charge is 2.13. The first kappa shape index (κ1) is 13.5. The van der Waals surface area contributed by atoms with Crippen molar-refractivity contribution in [1.82, 2.24) is 9.55 Å². The number of benzene rings is 2. The molecule has 0 amide bonds. The fourth-order valence-corrected chi connectivity index (χ4v) is 2.64. The Morgan fingerprint density at radius 2 is 1.80 bits per heavy atom. The van der Waals surface area contributed by atoms with E-state index in [0.29, 0.717) is 16.8 Å². The number of imidazole rings is 1. The van der Waals surface area contributed by atoms with E-state index in [1.54, 1.807) is 4.57 Å². The summed E-state index contributed by atoms with van der Waals surface area (Å²) in [4.78, 5) is 2.89. The van der Waals surface area contributed by atoms with Gasteiger partial charge >= 0.3 is 0 Å². The molecule has 0 spiro atoms. The van der Waals surface area contributed by atoms with Gasteiger partial charge in [-0.2, -0.15) is 0 Å². The number of nitrogens with zero attached hydrogens (tertiary/aromatic N) is 1. The molecule has 1 heterocycles. The van der Waals surface area contributed by atoms with E-state index in [9.17, 15) is 8.78 Å². The van der Waals surface area contributed by atoms with Gasteiger partial charge in [0.2, 0.25) is 0 Å². The number of fused-ring (bicyclic) bond motifs is 1. The lowest BCUT2D eigenvalue weighted by Gasteiger charge is -2.06. The second kappa shape index (κ2) is 5.10. The van der Waals surface area contributed by atoms with Crippen molar-refractivity contribution in [2.24, 2.45) is 0 Å². The Morgan fingerprint density at radius 1 is 1.10 bits per heavy atom. The standard InChI is InChI=1S/C14H9BrF2N2S/c15-9-3-1-8(2-4-9)7-19-13-11(18-14(19)20)6-5-10(16)12(13)17/h1-6H,7H2,(H,18,20). The smallest absolute Gasteiger partial charge is 0.184 e. The van der Waals surface area contributed by atoms with E-state index in [4.69, 9.17) is 12.2 Å². The molecule has 0 saturated heterocycles. The predicted molar refractivity (Wildman–Crippen MR) is 80.3 cm³/mol. The van der Waals surface area contributed by atoms with Crippen molar-refractivity contribution >= 4 is 39.2 Å². The summed E-state index contributed by atoms with van der Waals surface area (Å²) >= 11 is 8.55. The topological polar surface area (TPSA) is 20.7 Å². The maximum absolute atomic E-state index is 14.0. The Morgan fingerprint density at radius 3 is 2.50 bits per heavy atom. The van der Waals surface area contributed by atoms with E-state index < -0.39 is 11.6 Å². The minimum atomic E-state index is -0.882. The predicted octanol–water partition coefficient (Wildman–Crippen LogP) is 4.79. The van der Waals surface area contributed by atoms with Crippen LogP contribution < -0.4 is 0 Å². The lowest BCUT2D eigenvalue weighted by atomic mass is 10.2. The SMILES string of the molecule is Fc1ccc2[nH]c(=S)n(Cc3ccc(Br)cc3)c2c1F. The Hall–Kier alpha value is -1.53. The first-order valence-corrected chi connectivity index (χ1v) is 7.07. The average molecular weight is 355 g/mol. The van der Waals surface area contributed by atoms with Crippen LogP contribution in [-0.2, 0) is 6.54 Å². The van der Waals surface area contributed by atoms with Gasteiger partial charge in [0.1, 0.15) is 5.52 Å². The number of H-pyrrole nitrogens is 1. The Bertz CT molecular complexity index is 837. The normalized spacial score (nSPS) is 11.2. The summed E-state index contributed by atoms with van der Waals surface area (Å²) in [6.07, 6.45) is 0. The lowest BCUT2D eigenvalue weighted by molar-refractivity contribution is 0.512. The summed E-state index contributed by atoms with van der Waals surface area (Å²) in [6, 6.07) is 10.2. The second-order valence-corrected chi connectivity index (χ2v) is 5.70. The number of hydrogen-bond acceptors (Lipinski definition) is 1. The molecule has 2 nitrogen and oxygen atoms in total. The molecule has 0 aliphatic rings. The van der Waals surface area contributed by atoms with Crippen LogP contribution in [-0.4, -0.2) is 9.55 Å². The molecule has 0 radical (unpaired) electrons. The summed E-state index contributed by atoms with van der Waals surface area (Å²) in [5.74, 6) is -1.76. The van der Waals surface area contributed by atoms with E-state index in [1.807, 2.05) is 24.3 Å². The molecule has 6 heteroatoms. The molecule has 2 aromatic carbocycles. The third-order valence-corrected chi connectivity index (χ3v) is 3.93. The summed E-state index contributed by atoms with van der Waals surface area (Å²) in [6.45, 7) is 0.381. The van der Waals surface area contributed by atoms with Crippen molar-refractivity contribution in [1.29, 1.82) is 0 Å². The van der Waals surface area contributed by atoms with Gasteiger partial charge < -0.3 is 9.55 Å². The highest BCUT2D eigenvalue weighted by Crippen LogP contribution is 2.22. The van der Waals surface area contributed by atoms with Gasteiger partial charge in [0, 0.05) is 4.47 Å². The zero-order valence-electron chi connectivity index (χ0n) is 10.2. The maximum Gasteiger partial charge on any atom is 0.184 e. The van der Waals surface area contributed by atoms with Gasteiger partial charge in [0.15, 0.2) is 16.4 Å². The van der Waals surface area contributed by atoms with Crippen LogP contribution in [0.25, 0.3) is 11.0 Å². The molecule has 0 saturated carbocycles. The first-order chi connectivity index (χ1) is 9.56. The number of hydrogen-bond donors (Lipinski definition) is 1. The fourth-order valence-electron chi connectivity index (χ4n) is 2.11. The van der Waals surface area contributed by atoms with Crippen molar-refractivity contribution < 1.29 is 8.78 Å². The van der Waals surface area contributed by atoms with Crippen LogP contribution in [0.15, 0.2) is 40.9 Å². The molecule has 3 rings (SSSR count). The van der Waals surface area contributed by atoms with Crippen LogP contribution in [0.4, 0.5) is 8.78 Å². The molecule has 0 aliphatic carbocycles. The van der Waals surface area contributed by atoms with Crippen molar-refractivity contribution in [2.45, 2.75) is 6.54 Å². The van der Waals surface area contributed by atoms with E-state index in [2.05, 4.69) is 20.9 Å². The molecular formula is C14H9BrF2N2S. The zero-order valence-corrected chi connectivity index (χ0v) is 12.6. The number of rotatable bonds is 2. The molecule has 0 fully saturated rings. The van der Waals surface area contributed by atoms with Crippen molar-refractivity contribution in [2.75, 3.05) is 0 Å². The maximum atomic E-state index is 14.0. The summed E-state index contributed by atoms with van der Waals surface area (Å²) in [5, 5.41) is 0. The summed E-state index contributed by atoms with van der Waals surface area (Å²) in [7, 11) is 0. The van der Waals surface area contributed by atoms with Gasteiger partial charge in [-0.25, -0.2) is 8.78 Å². The number of nitrogens with one attached hydrogen (secondary N) is 1. The van der Waals surface area contributed by atoms with Crippen molar-refractivity contribution in [3.05, 3.63) is 62.8 Å². The van der Waals surface area contributed by atoms with Gasteiger partial charge in [0.25, 0.3) is 0 Å². The van der Waals surface area contributed by atoms with Crippen LogP contribution in [0.2, 0.25) is 0 Å². The Kier molecular flexibility index (Phi) is 3.43. The molecular weight excluding hydrogens is 346 g/mol. The van der Waals surface area contributed by atoms with Crippen LogP contribution >= 0.6 is 28.1 Å². The van der Waals surface area contributed by atoms with E-state index in [1.165, 1.54) is 6.07 Å². The quantitative estimate of drug-likeness (QED) is 0.656. The van der Waals surface area contributed by atoms with Crippen LogP contribution in [0.3, 0.4) is 0 Å². The highest BCUT2D eigenvalue weighted by atomic mass is 79.9. The molecule has 102 valence electrons. The van der Waals surface area contributed by atoms with Crippen molar-refractivity contribution in [3.63, 3.8) is 0 Å². The first-order valence-electron chi connectivity index (χ1n) is 5.87. The summed E-state index contributed by atoms with van der Waals surface area (Å²) in [5.41, 5.74) is 1.61.